The minimum atomic E-state index is -0.367. The lowest BCUT2D eigenvalue weighted by atomic mass is 10.3. The number of benzene rings is 1. The van der Waals surface area contributed by atoms with Crippen LogP contribution in [0.15, 0.2) is 18.2 Å². The van der Waals surface area contributed by atoms with E-state index in [-0.39, 0.29) is 11.6 Å². The van der Waals surface area contributed by atoms with E-state index in [9.17, 15) is 8.78 Å². The van der Waals surface area contributed by atoms with Gasteiger partial charge in [-0.3, -0.25) is 0 Å². The van der Waals surface area contributed by atoms with E-state index in [1.807, 2.05) is 4.67 Å². The van der Waals surface area contributed by atoms with Gasteiger partial charge in [0.1, 0.15) is 11.6 Å². The molecule has 0 bridgehead atoms. The van der Waals surface area contributed by atoms with Gasteiger partial charge in [0.25, 0.3) is 0 Å². The average molecular weight is 201 g/mol. The smallest absolute Gasteiger partial charge is 0.146 e. The molecule has 13 heavy (non-hydrogen) atoms. The molecule has 1 unspecified atom stereocenters. The molecular formula is C9H10F2NP. The summed E-state index contributed by atoms with van der Waals surface area (Å²) >= 11 is 0. The molecule has 1 nitrogen and oxygen atoms in total. The van der Waals surface area contributed by atoms with Gasteiger partial charge in [-0.1, -0.05) is 0 Å². The van der Waals surface area contributed by atoms with Gasteiger partial charge in [-0.05, 0) is 33.4 Å². The van der Waals surface area contributed by atoms with E-state index in [0.29, 0.717) is 14.4 Å². The number of halogens is 2. The molecule has 0 aromatic heterocycles. The van der Waals surface area contributed by atoms with Crippen molar-refractivity contribution < 1.29 is 8.78 Å². The lowest BCUT2D eigenvalue weighted by Crippen LogP contribution is -2.09. The third-order valence-corrected chi connectivity index (χ3v) is 3.48. The Morgan fingerprint density at radius 2 is 2.15 bits per heavy atom. The summed E-state index contributed by atoms with van der Waals surface area (Å²) in [6.45, 7) is 0.846. The van der Waals surface area contributed by atoms with Crippen LogP contribution in [-0.2, 0) is 0 Å². The SMILES string of the molecule is Fc1ccc(F)c(N2CCCP2)c1. The second kappa shape index (κ2) is 3.59. The van der Waals surface area contributed by atoms with Crippen molar-refractivity contribution in [2.45, 2.75) is 6.42 Å². The normalized spacial score (nSPS) is 18.5. The van der Waals surface area contributed by atoms with Crippen LogP contribution in [0.1, 0.15) is 6.42 Å². The average Bonchev–Trinajstić information content (AvgIpc) is 2.61. The maximum absolute atomic E-state index is 13.2. The van der Waals surface area contributed by atoms with Crippen molar-refractivity contribution in [1.82, 2.24) is 0 Å². The highest BCUT2D eigenvalue weighted by Crippen LogP contribution is 2.34. The summed E-state index contributed by atoms with van der Waals surface area (Å²) in [6, 6.07) is 3.61. The number of rotatable bonds is 1. The molecule has 1 fully saturated rings. The van der Waals surface area contributed by atoms with Crippen LogP contribution < -0.4 is 4.67 Å². The first-order valence-electron chi connectivity index (χ1n) is 4.23. The van der Waals surface area contributed by atoms with Crippen LogP contribution in [-0.4, -0.2) is 12.7 Å². The third kappa shape index (κ3) is 1.80. The fraction of sp³-hybridized carbons (Fsp3) is 0.333. The van der Waals surface area contributed by atoms with Crippen LogP contribution in [0, 0.1) is 11.6 Å². The number of nitrogens with zero attached hydrogens (tertiary/aromatic N) is 1. The largest absolute Gasteiger partial charge is 0.351 e. The summed E-state index contributed by atoms with van der Waals surface area (Å²) in [5.74, 6) is -0.691. The molecule has 0 aliphatic carbocycles. The molecular weight excluding hydrogens is 191 g/mol. The fourth-order valence-corrected chi connectivity index (χ4v) is 2.67. The Morgan fingerprint density at radius 1 is 1.31 bits per heavy atom. The van der Waals surface area contributed by atoms with Crippen molar-refractivity contribution in [3.8, 4) is 0 Å². The molecule has 1 aliphatic heterocycles. The van der Waals surface area contributed by atoms with Gasteiger partial charge in [-0.25, -0.2) is 8.78 Å². The lowest BCUT2D eigenvalue weighted by Gasteiger charge is -2.17. The van der Waals surface area contributed by atoms with Crippen molar-refractivity contribution >= 4 is 14.4 Å². The van der Waals surface area contributed by atoms with E-state index < -0.39 is 0 Å². The van der Waals surface area contributed by atoms with Crippen molar-refractivity contribution in [3.63, 3.8) is 0 Å². The van der Waals surface area contributed by atoms with Crippen molar-refractivity contribution in [1.29, 1.82) is 0 Å². The van der Waals surface area contributed by atoms with E-state index in [0.717, 1.165) is 25.2 Å². The molecule has 0 radical (unpaired) electrons. The van der Waals surface area contributed by atoms with Gasteiger partial charge in [0.05, 0.1) is 5.69 Å². The minimum Gasteiger partial charge on any atom is -0.351 e. The van der Waals surface area contributed by atoms with Crippen LogP contribution in [0.25, 0.3) is 0 Å². The zero-order valence-electron chi connectivity index (χ0n) is 7.06. The van der Waals surface area contributed by atoms with Crippen LogP contribution in [0.4, 0.5) is 14.5 Å². The van der Waals surface area contributed by atoms with Gasteiger partial charge in [-0.2, -0.15) is 0 Å². The molecule has 4 heteroatoms. The van der Waals surface area contributed by atoms with E-state index in [1.165, 1.54) is 12.1 Å². The topological polar surface area (TPSA) is 3.24 Å². The zero-order valence-corrected chi connectivity index (χ0v) is 8.06. The molecule has 0 saturated carbocycles. The molecule has 1 aliphatic rings. The summed E-state index contributed by atoms with van der Waals surface area (Å²) in [4.78, 5) is 0. The zero-order chi connectivity index (χ0) is 9.26. The van der Waals surface area contributed by atoms with E-state index in [2.05, 4.69) is 0 Å². The maximum Gasteiger partial charge on any atom is 0.146 e. The monoisotopic (exact) mass is 201 g/mol. The third-order valence-electron chi connectivity index (χ3n) is 2.06. The summed E-state index contributed by atoms with van der Waals surface area (Å²) < 4.78 is 27.9. The first kappa shape index (κ1) is 8.89. The Kier molecular flexibility index (Phi) is 2.45. The molecule has 1 aromatic rings. The number of hydrogen-bond acceptors (Lipinski definition) is 1. The summed E-state index contributed by atoms with van der Waals surface area (Å²) in [6.07, 6.45) is 2.17. The predicted octanol–water partition coefficient (Wildman–Crippen LogP) is 2.77. The maximum atomic E-state index is 13.2. The second-order valence-corrected chi connectivity index (χ2v) is 4.37. The molecule has 1 aromatic carbocycles. The Bertz CT molecular complexity index is 310. The number of anilines is 1. The molecule has 0 spiro atoms. The van der Waals surface area contributed by atoms with E-state index in [4.69, 9.17) is 0 Å². The van der Waals surface area contributed by atoms with Crippen LogP contribution >= 0.6 is 8.73 Å². The van der Waals surface area contributed by atoms with Gasteiger partial charge >= 0.3 is 0 Å². The minimum absolute atomic E-state index is 0.323. The van der Waals surface area contributed by atoms with Gasteiger partial charge in [-0.15, -0.1) is 0 Å². The first-order valence-corrected chi connectivity index (χ1v) is 5.39. The number of hydrogen-bond donors (Lipinski definition) is 0. The Hall–Kier alpha value is -0.690. The summed E-state index contributed by atoms with van der Waals surface area (Å²) in [5.41, 5.74) is 0.413. The fourth-order valence-electron chi connectivity index (χ4n) is 1.43. The van der Waals surface area contributed by atoms with Gasteiger partial charge < -0.3 is 4.67 Å². The van der Waals surface area contributed by atoms with Gasteiger partial charge in [0.15, 0.2) is 0 Å². The second-order valence-electron chi connectivity index (χ2n) is 3.01. The highest BCUT2D eigenvalue weighted by atomic mass is 31.1. The molecule has 1 heterocycles. The Labute approximate surface area is 77.6 Å². The molecule has 0 N–H and O–H groups in total. The lowest BCUT2D eigenvalue weighted by molar-refractivity contribution is 0.600. The van der Waals surface area contributed by atoms with Crippen molar-refractivity contribution in [2.24, 2.45) is 0 Å². The molecule has 1 saturated heterocycles. The van der Waals surface area contributed by atoms with E-state index in [1.54, 1.807) is 0 Å². The standard InChI is InChI=1S/C9H10F2NP/c10-7-2-3-8(11)9(6-7)12-4-1-5-13-12/h2-3,6,13H,1,4-5H2. The van der Waals surface area contributed by atoms with Gasteiger partial charge in [0.2, 0.25) is 0 Å². The van der Waals surface area contributed by atoms with Crippen LogP contribution in [0.2, 0.25) is 0 Å². The first-order chi connectivity index (χ1) is 6.27. The molecule has 0 amide bonds. The highest BCUT2D eigenvalue weighted by molar-refractivity contribution is 7.40. The van der Waals surface area contributed by atoms with E-state index >= 15 is 0 Å². The predicted molar refractivity (Wildman–Crippen MR) is 51.5 cm³/mol. The van der Waals surface area contributed by atoms with Crippen LogP contribution in [0.3, 0.4) is 0 Å². The molecule has 70 valence electrons. The summed E-state index contributed by atoms with van der Waals surface area (Å²) in [5, 5.41) is 0. The Balaban J connectivity index is 2.32. The van der Waals surface area contributed by atoms with Crippen LogP contribution in [0.5, 0.6) is 0 Å². The van der Waals surface area contributed by atoms with Crippen molar-refractivity contribution in [2.75, 3.05) is 17.4 Å². The van der Waals surface area contributed by atoms with Gasteiger partial charge in [0, 0.05) is 12.6 Å². The molecule has 2 rings (SSSR count). The quantitative estimate of drug-likeness (QED) is 0.631. The summed E-state index contributed by atoms with van der Waals surface area (Å²) in [7, 11) is 0.597. The molecule has 1 atom stereocenters. The van der Waals surface area contributed by atoms with Crippen molar-refractivity contribution in [3.05, 3.63) is 29.8 Å². The highest BCUT2D eigenvalue weighted by Gasteiger charge is 2.16. The Morgan fingerprint density at radius 3 is 2.85 bits per heavy atom.